The molecule has 5 nitrogen and oxygen atoms in total. The molecule has 15 heteroatoms. The van der Waals surface area contributed by atoms with Gasteiger partial charge in [-0.15, -0.1) is 11.3 Å². The van der Waals surface area contributed by atoms with E-state index in [1.165, 1.54) is 30.3 Å². The Morgan fingerprint density at radius 3 is 1.31 bits per heavy atom. The second kappa shape index (κ2) is 12.6. The Kier molecular flexibility index (Phi) is 8.34. The predicted molar refractivity (Wildman–Crippen MR) is 200 cm³/mol. The van der Waals surface area contributed by atoms with E-state index in [9.17, 15) is 17.6 Å². The Labute approximate surface area is 314 Å². The number of benzene rings is 3. The Morgan fingerprint density at radius 2 is 0.927 bits per heavy atom. The van der Waals surface area contributed by atoms with Gasteiger partial charge in [-0.05, 0) is 64.4 Å². The second-order valence-corrected chi connectivity index (χ2v) is 16.5. The molecule has 0 atom stereocenters. The van der Waals surface area contributed by atoms with Crippen LogP contribution >= 0.6 is 11.3 Å². The van der Waals surface area contributed by atoms with E-state index in [0.29, 0.717) is 5.00 Å². The number of aromatic nitrogens is 3. The molecule has 0 aliphatic carbocycles. The van der Waals surface area contributed by atoms with E-state index in [-0.39, 0.29) is 27.0 Å². The van der Waals surface area contributed by atoms with Gasteiger partial charge in [-0.3, -0.25) is 0 Å². The molecule has 0 saturated carbocycles. The summed E-state index contributed by atoms with van der Waals surface area (Å²) in [6.45, 7) is 10.9. The Hall–Kier alpha value is -5.44. The van der Waals surface area contributed by atoms with Crippen LogP contribution in [0.5, 0.6) is 0 Å². The first-order chi connectivity index (χ1) is 25.9. The van der Waals surface area contributed by atoms with Crippen molar-refractivity contribution in [1.82, 2.24) is 14.5 Å². The molecular weight excluding hydrogens is 745 g/mol. The number of pyridine rings is 2. The molecule has 1 aliphatic rings. The molecule has 0 N–H and O–H groups in total. The molecule has 0 radical (unpaired) electrons. The van der Waals surface area contributed by atoms with Gasteiger partial charge < -0.3 is 14.2 Å². The highest BCUT2D eigenvalue weighted by Gasteiger charge is 2.49. The maximum atomic E-state index is 15.7. The van der Waals surface area contributed by atoms with Crippen LogP contribution in [0.2, 0.25) is 0 Å². The second-order valence-electron chi connectivity index (χ2n) is 15.4. The number of nitrogens with zero attached hydrogens (tertiary/aromatic N) is 5. The number of fused-ring (bicyclic) bond motifs is 4. The van der Waals surface area contributed by atoms with Gasteiger partial charge in [0.05, 0.1) is 27.4 Å². The first-order valence-corrected chi connectivity index (χ1v) is 18.0. The smallest absolute Gasteiger partial charge is 0.354 e. The summed E-state index contributed by atoms with van der Waals surface area (Å²) in [7, 11) is 0. The van der Waals surface area contributed by atoms with Crippen molar-refractivity contribution in [1.29, 1.82) is 0 Å². The fraction of sp³-hybridized carbons (Fsp3) is 0.200. The van der Waals surface area contributed by atoms with Crippen molar-refractivity contribution in [2.45, 2.75) is 52.4 Å². The summed E-state index contributed by atoms with van der Waals surface area (Å²) in [5.41, 5.74) is 0.468. The molecule has 0 amide bonds. The van der Waals surface area contributed by atoms with Crippen LogP contribution in [0, 0.1) is 47.1 Å². The first kappa shape index (κ1) is 36.5. The molecule has 8 rings (SSSR count). The fourth-order valence-corrected chi connectivity index (χ4v) is 8.28. The van der Waals surface area contributed by atoms with Crippen molar-refractivity contribution < 1.29 is 35.1 Å². The summed E-state index contributed by atoms with van der Waals surface area (Å²) in [5, 5.41) is 2.43. The van der Waals surface area contributed by atoms with Crippen molar-refractivity contribution in [3.05, 3.63) is 131 Å². The van der Waals surface area contributed by atoms with Gasteiger partial charge >= 0.3 is 6.98 Å². The minimum Gasteiger partial charge on any atom is -0.354 e. The zero-order valence-electron chi connectivity index (χ0n) is 30.2. The molecule has 5 heterocycles. The number of thiophene rings is 1. The number of para-hydroxylation sites is 2. The lowest BCUT2D eigenvalue weighted by Gasteiger charge is -2.29. The maximum absolute atomic E-state index is 15.7. The molecular formula is C40H30BF8N5S. The van der Waals surface area contributed by atoms with Gasteiger partial charge in [0.15, 0.2) is 0 Å². The number of anilines is 4. The molecule has 3 aromatic carbocycles. The Bertz CT molecular complexity index is 2500. The Balaban J connectivity index is 1.42. The molecule has 0 fully saturated rings. The minimum absolute atomic E-state index is 0.117. The van der Waals surface area contributed by atoms with Gasteiger partial charge in [0.25, 0.3) is 23.8 Å². The largest absolute Gasteiger partial charge is 0.431 e. The Morgan fingerprint density at radius 1 is 0.527 bits per heavy atom. The maximum Gasteiger partial charge on any atom is 0.431 e. The molecule has 1 aliphatic heterocycles. The summed E-state index contributed by atoms with van der Waals surface area (Å²) in [6.07, 6.45) is 0. The van der Waals surface area contributed by atoms with E-state index in [4.69, 9.17) is 0 Å². The average Bonchev–Trinajstić information content (AvgIpc) is 3.82. The zero-order chi connectivity index (χ0) is 39.5. The lowest BCUT2D eigenvalue weighted by Crippen LogP contribution is -2.53. The van der Waals surface area contributed by atoms with Crippen LogP contribution in [-0.2, 0) is 10.8 Å². The van der Waals surface area contributed by atoms with Crippen LogP contribution in [0.1, 0.15) is 52.7 Å². The molecule has 0 saturated heterocycles. The van der Waals surface area contributed by atoms with Gasteiger partial charge in [0.1, 0.15) is 11.4 Å². The van der Waals surface area contributed by atoms with Crippen LogP contribution in [0.4, 0.5) is 57.9 Å². The molecule has 7 aromatic rings. The van der Waals surface area contributed by atoms with Crippen LogP contribution < -0.4 is 14.4 Å². The summed E-state index contributed by atoms with van der Waals surface area (Å²) < 4.78 is 124. The van der Waals surface area contributed by atoms with Crippen molar-refractivity contribution in [2.24, 2.45) is 0 Å². The molecule has 55 heavy (non-hydrogen) atoms. The van der Waals surface area contributed by atoms with Crippen molar-refractivity contribution >= 4 is 67.7 Å². The summed E-state index contributed by atoms with van der Waals surface area (Å²) in [5.74, 6) is -15.6. The van der Waals surface area contributed by atoms with Gasteiger partial charge in [-0.1, -0.05) is 71.9 Å². The summed E-state index contributed by atoms with van der Waals surface area (Å²) in [4.78, 5) is 6.92. The number of rotatable bonds is 4. The minimum atomic E-state index is -1.98. The van der Waals surface area contributed by atoms with Gasteiger partial charge in [-0.25, -0.2) is 0 Å². The van der Waals surface area contributed by atoms with E-state index >= 15 is 17.6 Å². The number of hydrogen-bond donors (Lipinski definition) is 0. The van der Waals surface area contributed by atoms with Gasteiger partial charge in [0.2, 0.25) is 23.3 Å². The van der Waals surface area contributed by atoms with Crippen LogP contribution in [0.25, 0.3) is 26.8 Å². The lowest BCUT2D eigenvalue weighted by molar-refractivity contribution is 0.409. The number of hydrogen-bond acceptors (Lipinski definition) is 5. The first-order valence-electron chi connectivity index (χ1n) is 17.1. The van der Waals surface area contributed by atoms with Crippen molar-refractivity contribution in [3.63, 3.8) is 0 Å². The van der Waals surface area contributed by atoms with E-state index in [2.05, 4.69) is 63.6 Å². The average molecular weight is 776 g/mol. The topological polar surface area (TPSA) is 37.2 Å². The van der Waals surface area contributed by atoms with E-state index in [0.717, 1.165) is 53.9 Å². The summed E-state index contributed by atoms with van der Waals surface area (Å²) >= 11 is 1.03. The monoisotopic (exact) mass is 775 g/mol. The van der Waals surface area contributed by atoms with Crippen LogP contribution in [0.15, 0.2) is 72.8 Å². The van der Waals surface area contributed by atoms with E-state index in [1.807, 2.05) is 28.8 Å². The molecule has 280 valence electrons. The fourth-order valence-electron chi connectivity index (χ4n) is 7.16. The van der Waals surface area contributed by atoms with Crippen molar-refractivity contribution in [2.75, 3.05) is 9.62 Å². The van der Waals surface area contributed by atoms with Crippen LogP contribution in [0.3, 0.4) is 0 Å². The third kappa shape index (κ3) is 5.65. The molecule has 0 bridgehead atoms. The highest BCUT2D eigenvalue weighted by molar-refractivity contribution is 7.26. The third-order valence-electron chi connectivity index (χ3n) is 9.91. The SMILES string of the molecule is CC(C)(C)c1ccc2c(c1)c1cc(C(C)(C)C)ccc1n2-c1ccc(B2N(c3c(F)c(F)nc(F)c3F)c3ccccc3N2c2c(F)c(F)nc(F)c2F)s1. The molecule has 4 aromatic heterocycles. The van der Waals surface area contributed by atoms with Gasteiger partial charge in [-0.2, -0.15) is 45.1 Å². The third-order valence-corrected chi connectivity index (χ3v) is 11.0. The normalized spacial score (nSPS) is 13.5. The summed E-state index contributed by atoms with van der Waals surface area (Å²) in [6, 6.07) is 20.8. The van der Waals surface area contributed by atoms with Crippen molar-refractivity contribution in [3.8, 4) is 5.00 Å². The molecule has 0 unspecified atom stereocenters. The van der Waals surface area contributed by atoms with Gasteiger partial charge in [0, 0.05) is 15.5 Å². The standard InChI is InChI=1S/C40H30BF8N5S/c1-39(2,3)19-11-13-23-21(17-19)22-18-20(40(4,5)6)12-14-24(22)52(23)28-16-15-27(55-28)41-53(33-29(42)35(46)50-36(47)30(33)43)25-9-7-8-10-26(25)54(41)34-31(44)37(48)51-38(49)32(34)45/h7-18H,1-6H3. The number of halogens is 8. The highest BCUT2D eigenvalue weighted by atomic mass is 32.1. The van der Waals surface area contributed by atoms with E-state index < -0.39 is 65.4 Å². The predicted octanol–water partition coefficient (Wildman–Crippen LogP) is 11.0. The lowest BCUT2D eigenvalue weighted by atomic mass is 9.70. The zero-order valence-corrected chi connectivity index (χ0v) is 31.0. The van der Waals surface area contributed by atoms with Crippen LogP contribution in [-0.4, -0.2) is 21.5 Å². The van der Waals surface area contributed by atoms with E-state index in [1.54, 1.807) is 6.07 Å². The highest BCUT2D eigenvalue weighted by Crippen LogP contribution is 2.50. The quantitative estimate of drug-likeness (QED) is 0.101. The molecule has 0 spiro atoms.